The van der Waals surface area contributed by atoms with Crippen LogP contribution in [-0.2, 0) is 6.54 Å². The fraction of sp³-hybridized carbons (Fsp3) is 0.583. The molecule has 23 heavy (non-hydrogen) atoms. The predicted octanol–water partition coefficient (Wildman–Crippen LogP) is -2.21. The number of nitrogens with one attached hydrogen (secondary N) is 2. The number of anilines is 1. The van der Waals surface area contributed by atoms with Crippen LogP contribution in [-0.4, -0.2) is 44.3 Å². The molecular weight excluding hydrogens is 302 g/mol. The van der Waals surface area contributed by atoms with E-state index in [0.717, 1.165) is 25.9 Å². The van der Waals surface area contributed by atoms with Gasteiger partial charge < -0.3 is 10.6 Å². The number of nitrogens with two attached hydrogens (primary N) is 2. The molecule has 1 aliphatic heterocycles. The maximum Gasteiger partial charge on any atom is 0.287 e. The Kier molecular flexibility index (Phi) is 4.48. The number of hydrogen-bond donors (Lipinski definition) is 4. The number of hydrazine groups is 1. The third-order valence-corrected chi connectivity index (χ3v) is 4.03. The molecule has 2 aromatic rings. The molecule has 1 fully saturated rings. The molecule has 6 N–H and O–H groups in total. The van der Waals surface area contributed by atoms with Crippen molar-refractivity contribution in [3.8, 4) is 5.82 Å². The molecule has 11 heteroatoms. The molecule has 0 saturated carbocycles. The SMILES string of the molecule is NNC(=O)c1nnn(-c2nonc2N)c1C[NH+]1CCCCCC1. The minimum absolute atomic E-state index is 0.0849. The zero-order valence-corrected chi connectivity index (χ0v) is 12.7. The Bertz CT molecular complexity index is 672. The fourth-order valence-corrected chi connectivity index (χ4v) is 2.86. The highest BCUT2D eigenvalue weighted by molar-refractivity contribution is 5.92. The Hall–Kier alpha value is -2.53. The third kappa shape index (κ3) is 3.14. The second-order valence-corrected chi connectivity index (χ2v) is 5.58. The minimum Gasteiger partial charge on any atom is -0.378 e. The number of carbonyl (C=O) groups excluding carboxylic acids is 1. The van der Waals surface area contributed by atoms with E-state index in [4.69, 9.17) is 11.6 Å². The molecule has 0 radical (unpaired) electrons. The lowest BCUT2D eigenvalue weighted by Crippen LogP contribution is -3.10. The van der Waals surface area contributed by atoms with E-state index in [1.807, 2.05) is 0 Å². The van der Waals surface area contributed by atoms with Gasteiger partial charge in [0.1, 0.15) is 12.2 Å². The maximum absolute atomic E-state index is 12.0. The van der Waals surface area contributed by atoms with Gasteiger partial charge in [0.05, 0.1) is 13.1 Å². The van der Waals surface area contributed by atoms with Crippen LogP contribution in [0.1, 0.15) is 41.9 Å². The van der Waals surface area contributed by atoms with Crippen molar-refractivity contribution in [2.45, 2.75) is 32.2 Å². The first-order valence-electron chi connectivity index (χ1n) is 7.58. The monoisotopic (exact) mass is 322 g/mol. The normalized spacial score (nSPS) is 16.2. The molecular formula is C12H20N9O2+. The van der Waals surface area contributed by atoms with Gasteiger partial charge in [-0.25, -0.2) is 10.5 Å². The molecule has 1 amide bonds. The first-order valence-corrected chi connectivity index (χ1v) is 7.58. The van der Waals surface area contributed by atoms with Crippen LogP contribution >= 0.6 is 0 Å². The average Bonchev–Trinajstić information content (AvgIpc) is 3.05. The number of quaternary nitrogens is 1. The van der Waals surface area contributed by atoms with Crippen LogP contribution in [0.2, 0.25) is 0 Å². The van der Waals surface area contributed by atoms with Crippen molar-refractivity contribution in [2.75, 3.05) is 18.8 Å². The quantitative estimate of drug-likeness (QED) is 0.281. The summed E-state index contributed by atoms with van der Waals surface area (Å²) in [5, 5.41) is 15.2. The smallest absolute Gasteiger partial charge is 0.287 e. The van der Waals surface area contributed by atoms with Crippen molar-refractivity contribution in [1.29, 1.82) is 0 Å². The summed E-state index contributed by atoms with van der Waals surface area (Å²) in [6.07, 6.45) is 4.78. The second-order valence-electron chi connectivity index (χ2n) is 5.58. The Labute approximate surface area is 131 Å². The van der Waals surface area contributed by atoms with Crippen LogP contribution in [0, 0.1) is 0 Å². The van der Waals surface area contributed by atoms with Gasteiger partial charge in [0.25, 0.3) is 5.91 Å². The van der Waals surface area contributed by atoms with E-state index in [1.165, 1.54) is 22.4 Å². The molecule has 0 aromatic carbocycles. The molecule has 0 atom stereocenters. The van der Waals surface area contributed by atoms with Crippen molar-refractivity contribution in [3.05, 3.63) is 11.4 Å². The summed E-state index contributed by atoms with van der Waals surface area (Å²) < 4.78 is 6.01. The van der Waals surface area contributed by atoms with Gasteiger partial charge >= 0.3 is 0 Å². The van der Waals surface area contributed by atoms with E-state index in [2.05, 4.69) is 30.7 Å². The number of nitrogens with zero attached hydrogens (tertiary/aromatic N) is 5. The third-order valence-electron chi connectivity index (χ3n) is 4.03. The van der Waals surface area contributed by atoms with E-state index in [-0.39, 0.29) is 17.3 Å². The molecule has 0 aliphatic carbocycles. The average molecular weight is 322 g/mol. The largest absolute Gasteiger partial charge is 0.378 e. The Balaban J connectivity index is 1.95. The summed E-state index contributed by atoms with van der Waals surface area (Å²) in [6.45, 7) is 2.63. The second kappa shape index (κ2) is 6.71. The fourth-order valence-electron chi connectivity index (χ4n) is 2.86. The van der Waals surface area contributed by atoms with Gasteiger partial charge in [-0.2, -0.15) is 4.68 Å². The van der Waals surface area contributed by atoms with Crippen LogP contribution in [0.5, 0.6) is 0 Å². The zero-order chi connectivity index (χ0) is 16.2. The summed E-state index contributed by atoms with van der Waals surface area (Å²) in [7, 11) is 0. The van der Waals surface area contributed by atoms with Gasteiger partial charge in [0.2, 0.25) is 11.6 Å². The van der Waals surface area contributed by atoms with Gasteiger partial charge in [-0.1, -0.05) is 5.21 Å². The number of hydrogen-bond acceptors (Lipinski definition) is 8. The molecule has 124 valence electrons. The lowest BCUT2D eigenvalue weighted by Gasteiger charge is -2.17. The van der Waals surface area contributed by atoms with Crippen molar-refractivity contribution in [2.24, 2.45) is 5.84 Å². The lowest BCUT2D eigenvalue weighted by molar-refractivity contribution is -0.913. The zero-order valence-electron chi connectivity index (χ0n) is 12.7. The maximum atomic E-state index is 12.0. The number of aromatic nitrogens is 5. The Morgan fingerprint density at radius 2 is 2.00 bits per heavy atom. The standard InChI is InChI=1S/C12H19N9O2/c13-10-11(18-23-17-10)21-8(9(16-19-21)12(22)15-14)7-20-5-3-1-2-4-6-20/h1-7,14H2,(H2,13,17)(H,15,22)/p+1. The first-order chi connectivity index (χ1) is 11.2. The molecule has 2 aromatic heterocycles. The van der Waals surface area contributed by atoms with Crippen LogP contribution in [0.15, 0.2) is 4.63 Å². The van der Waals surface area contributed by atoms with E-state index in [9.17, 15) is 4.79 Å². The Morgan fingerprint density at radius 1 is 1.26 bits per heavy atom. The van der Waals surface area contributed by atoms with Crippen molar-refractivity contribution in [1.82, 2.24) is 30.7 Å². The van der Waals surface area contributed by atoms with E-state index < -0.39 is 5.91 Å². The molecule has 1 aliphatic rings. The van der Waals surface area contributed by atoms with E-state index >= 15 is 0 Å². The van der Waals surface area contributed by atoms with Crippen molar-refractivity contribution in [3.63, 3.8) is 0 Å². The van der Waals surface area contributed by atoms with Gasteiger partial charge in [-0.05, 0) is 36.0 Å². The van der Waals surface area contributed by atoms with Crippen LogP contribution in [0.4, 0.5) is 5.82 Å². The molecule has 0 bridgehead atoms. The molecule has 3 rings (SSSR count). The number of nitrogen functional groups attached to an aromatic ring is 2. The summed E-state index contributed by atoms with van der Waals surface area (Å²) in [6, 6.07) is 0. The summed E-state index contributed by atoms with van der Waals surface area (Å²) in [4.78, 5) is 13.3. The number of amides is 1. The van der Waals surface area contributed by atoms with Gasteiger partial charge in [0.15, 0.2) is 5.69 Å². The molecule has 11 nitrogen and oxygen atoms in total. The molecule has 3 heterocycles. The summed E-state index contributed by atoms with van der Waals surface area (Å²) in [5.74, 6) is 5.04. The highest BCUT2D eigenvalue weighted by atomic mass is 16.6. The first kappa shape index (κ1) is 15.4. The summed E-state index contributed by atoms with van der Waals surface area (Å²) in [5.41, 5.74) is 8.57. The molecule has 0 unspecified atom stereocenters. The number of rotatable bonds is 4. The highest BCUT2D eigenvalue weighted by Gasteiger charge is 2.27. The topological polar surface area (TPSA) is 155 Å². The number of likely N-dealkylation sites (tertiary alicyclic amines) is 1. The predicted molar refractivity (Wildman–Crippen MR) is 78.1 cm³/mol. The lowest BCUT2D eigenvalue weighted by atomic mass is 10.2. The van der Waals surface area contributed by atoms with Gasteiger partial charge in [-0.15, -0.1) is 5.10 Å². The van der Waals surface area contributed by atoms with Crippen molar-refractivity contribution < 1.29 is 14.3 Å². The van der Waals surface area contributed by atoms with E-state index in [1.54, 1.807) is 0 Å². The Morgan fingerprint density at radius 3 is 2.61 bits per heavy atom. The molecule has 0 spiro atoms. The summed E-state index contributed by atoms with van der Waals surface area (Å²) >= 11 is 0. The van der Waals surface area contributed by atoms with Crippen LogP contribution in [0.3, 0.4) is 0 Å². The number of carbonyl (C=O) groups is 1. The minimum atomic E-state index is -0.504. The van der Waals surface area contributed by atoms with Crippen LogP contribution in [0.25, 0.3) is 5.82 Å². The van der Waals surface area contributed by atoms with Crippen LogP contribution < -0.4 is 21.9 Å². The van der Waals surface area contributed by atoms with Gasteiger partial charge in [-0.3, -0.25) is 10.2 Å². The van der Waals surface area contributed by atoms with E-state index in [0.29, 0.717) is 12.2 Å². The van der Waals surface area contributed by atoms with Gasteiger partial charge in [0, 0.05) is 0 Å². The molecule has 1 saturated heterocycles. The highest BCUT2D eigenvalue weighted by Crippen LogP contribution is 2.15. The van der Waals surface area contributed by atoms with Crippen molar-refractivity contribution >= 4 is 11.7 Å².